The molecule has 4 heteroatoms. The zero-order valence-electron chi connectivity index (χ0n) is 14.9. The van der Waals surface area contributed by atoms with Gasteiger partial charge in [0.15, 0.2) is 0 Å². The molecular weight excluding hydrogens is 310 g/mol. The number of benzene rings is 2. The van der Waals surface area contributed by atoms with Crippen molar-refractivity contribution in [2.24, 2.45) is 0 Å². The van der Waals surface area contributed by atoms with Crippen LogP contribution in [0.25, 0.3) is 0 Å². The molecule has 1 saturated heterocycles. The summed E-state index contributed by atoms with van der Waals surface area (Å²) in [6, 6.07) is 20.9. The first-order valence-electron chi connectivity index (χ1n) is 9.11. The van der Waals surface area contributed by atoms with Crippen LogP contribution in [-0.2, 0) is 13.1 Å². The molecule has 1 atom stereocenters. The van der Waals surface area contributed by atoms with Crippen molar-refractivity contribution in [2.45, 2.75) is 32.5 Å². The summed E-state index contributed by atoms with van der Waals surface area (Å²) in [5, 5.41) is 3.06. The second-order valence-corrected chi connectivity index (χ2v) is 6.59. The molecule has 0 aliphatic carbocycles. The first-order valence-corrected chi connectivity index (χ1v) is 9.11. The van der Waals surface area contributed by atoms with Crippen LogP contribution < -0.4 is 5.32 Å². The molecule has 1 aliphatic heterocycles. The lowest BCUT2D eigenvalue weighted by molar-refractivity contribution is 0.176. The van der Waals surface area contributed by atoms with Gasteiger partial charge in [0, 0.05) is 38.8 Å². The number of nitrogens with zero attached hydrogens (tertiary/aromatic N) is 2. The van der Waals surface area contributed by atoms with Crippen molar-refractivity contribution >= 4 is 6.03 Å². The number of hydrogen-bond acceptors (Lipinski definition) is 2. The molecule has 2 aromatic rings. The fourth-order valence-corrected chi connectivity index (χ4v) is 3.49. The maximum Gasteiger partial charge on any atom is 0.317 e. The van der Waals surface area contributed by atoms with Gasteiger partial charge in [-0.25, -0.2) is 4.79 Å². The highest BCUT2D eigenvalue weighted by Crippen LogP contribution is 2.18. The van der Waals surface area contributed by atoms with Gasteiger partial charge in [-0.3, -0.25) is 4.90 Å². The summed E-state index contributed by atoms with van der Waals surface area (Å²) in [6.45, 7) is 6.33. The minimum atomic E-state index is 0.0397. The third-order valence-electron chi connectivity index (χ3n) is 4.83. The number of amides is 2. The van der Waals surface area contributed by atoms with E-state index in [0.717, 1.165) is 38.2 Å². The largest absolute Gasteiger partial charge is 0.334 e. The molecule has 132 valence electrons. The van der Waals surface area contributed by atoms with Gasteiger partial charge >= 0.3 is 6.03 Å². The molecule has 0 radical (unpaired) electrons. The van der Waals surface area contributed by atoms with Crippen molar-refractivity contribution in [3.05, 3.63) is 71.8 Å². The highest BCUT2D eigenvalue weighted by atomic mass is 16.2. The van der Waals surface area contributed by atoms with Gasteiger partial charge in [0.2, 0.25) is 0 Å². The number of carbonyl (C=O) groups is 1. The average molecular weight is 337 g/mol. The highest BCUT2D eigenvalue weighted by Gasteiger charge is 2.29. The zero-order chi connectivity index (χ0) is 17.5. The normalized spacial score (nSPS) is 17.4. The van der Waals surface area contributed by atoms with E-state index in [2.05, 4.69) is 41.4 Å². The predicted molar refractivity (Wildman–Crippen MR) is 101 cm³/mol. The summed E-state index contributed by atoms with van der Waals surface area (Å²) >= 11 is 0. The molecule has 25 heavy (non-hydrogen) atoms. The van der Waals surface area contributed by atoms with Crippen molar-refractivity contribution in [1.29, 1.82) is 0 Å². The van der Waals surface area contributed by atoms with Crippen molar-refractivity contribution < 1.29 is 4.79 Å². The van der Waals surface area contributed by atoms with Gasteiger partial charge in [0.1, 0.15) is 0 Å². The van der Waals surface area contributed by atoms with Gasteiger partial charge < -0.3 is 10.2 Å². The summed E-state index contributed by atoms with van der Waals surface area (Å²) in [5.41, 5.74) is 2.46. The number of rotatable bonds is 6. The molecule has 1 unspecified atom stereocenters. The summed E-state index contributed by atoms with van der Waals surface area (Å²) in [7, 11) is 0. The SMILES string of the molecule is CCN(C(=O)NCc1ccccc1)C1CCN(Cc2ccccc2)C1. The third-order valence-corrected chi connectivity index (χ3v) is 4.83. The third kappa shape index (κ3) is 4.83. The van der Waals surface area contributed by atoms with Crippen LogP contribution in [0.3, 0.4) is 0 Å². The number of likely N-dealkylation sites (N-methyl/N-ethyl adjacent to an activating group) is 1. The summed E-state index contributed by atoms with van der Waals surface area (Å²) < 4.78 is 0. The lowest BCUT2D eigenvalue weighted by Crippen LogP contribution is -2.46. The summed E-state index contributed by atoms with van der Waals surface area (Å²) in [6.07, 6.45) is 1.04. The topological polar surface area (TPSA) is 35.6 Å². The highest BCUT2D eigenvalue weighted by molar-refractivity contribution is 5.74. The van der Waals surface area contributed by atoms with E-state index < -0.39 is 0 Å². The first kappa shape index (κ1) is 17.5. The van der Waals surface area contributed by atoms with E-state index in [4.69, 9.17) is 0 Å². The van der Waals surface area contributed by atoms with Crippen molar-refractivity contribution in [3.63, 3.8) is 0 Å². The number of nitrogens with one attached hydrogen (secondary N) is 1. The Labute approximate surface area is 150 Å². The van der Waals surface area contributed by atoms with Crippen LogP contribution >= 0.6 is 0 Å². The van der Waals surface area contributed by atoms with Gasteiger partial charge in [0.05, 0.1) is 0 Å². The summed E-state index contributed by atoms with van der Waals surface area (Å²) in [5.74, 6) is 0. The molecule has 0 aromatic heterocycles. The first-order chi connectivity index (χ1) is 12.3. The van der Waals surface area contributed by atoms with Crippen LogP contribution in [0.5, 0.6) is 0 Å². The van der Waals surface area contributed by atoms with E-state index in [1.54, 1.807) is 0 Å². The second-order valence-electron chi connectivity index (χ2n) is 6.59. The molecular formula is C21H27N3O. The van der Waals surface area contributed by atoms with Gasteiger partial charge in [0.25, 0.3) is 0 Å². The maximum atomic E-state index is 12.6. The Morgan fingerprint density at radius 2 is 1.72 bits per heavy atom. The Kier molecular flexibility index (Phi) is 6.07. The number of likely N-dealkylation sites (tertiary alicyclic amines) is 1. The quantitative estimate of drug-likeness (QED) is 0.876. The van der Waals surface area contributed by atoms with Crippen LogP contribution in [0.1, 0.15) is 24.5 Å². The van der Waals surface area contributed by atoms with E-state index in [0.29, 0.717) is 12.6 Å². The van der Waals surface area contributed by atoms with Crippen molar-refractivity contribution in [3.8, 4) is 0 Å². The molecule has 0 saturated carbocycles. The maximum absolute atomic E-state index is 12.6. The molecule has 1 aliphatic rings. The fourth-order valence-electron chi connectivity index (χ4n) is 3.49. The van der Waals surface area contributed by atoms with Gasteiger partial charge in [-0.05, 0) is 24.5 Å². The van der Waals surface area contributed by atoms with Crippen LogP contribution in [0, 0.1) is 0 Å². The van der Waals surface area contributed by atoms with E-state index in [1.165, 1.54) is 5.56 Å². The Morgan fingerprint density at radius 1 is 1.08 bits per heavy atom. The Hall–Kier alpha value is -2.33. The molecule has 3 rings (SSSR count). The van der Waals surface area contributed by atoms with Crippen molar-refractivity contribution in [2.75, 3.05) is 19.6 Å². The Morgan fingerprint density at radius 3 is 2.36 bits per heavy atom. The Bertz CT molecular complexity index is 659. The standard InChI is InChI=1S/C21H27N3O/c1-2-24(21(25)22-15-18-9-5-3-6-10-18)20-13-14-23(17-20)16-19-11-7-4-8-12-19/h3-12,20H,2,13-17H2,1H3,(H,22,25). The van der Waals surface area contributed by atoms with E-state index in [9.17, 15) is 4.79 Å². The molecule has 1 N–H and O–H groups in total. The fraction of sp³-hybridized carbons (Fsp3) is 0.381. The van der Waals surface area contributed by atoms with Gasteiger partial charge in [-0.15, -0.1) is 0 Å². The summed E-state index contributed by atoms with van der Waals surface area (Å²) in [4.78, 5) is 17.0. The number of urea groups is 1. The molecule has 2 aromatic carbocycles. The van der Waals surface area contributed by atoms with Crippen LogP contribution in [0.2, 0.25) is 0 Å². The monoisotopic (exact) mass is 337 g/mol. The molecule has 0 bridgehead atoms. The second kappa shape index (κ2) is 8.67. The average Bonchev–Trinajstić information content (AvgIpc) is 3.10. The van der Waals surface area contributed by atoms with E-state index in [1.807, 2.05) is 41.3 Å². The van der Waals surface area contributed by atoms with Gasteiger partial charge in [-0.1, -0.05) is 60.7 Å². The Balaban J connectivity index is 1.51. The lowest BCUT2D eigenvalue weighted by Gasteiger charge is -2.28. The van der Waals surface area contributed by atoms with E-state index in [-0.39, 0.29) is 6.03 Å². The molecule has 1 fully saturated rings. The van der Waals surface area contributed by atoms with E-state index >= 15 is 0 Å². The lowest BCUT2D eigenvalue weighted by atomic mass is 10.2. The minimum Gasteiger partial charge on any atom is -0.334 e. The molecule has 0 spiro atoms. The van der Waals surface area contributed by atoms with Crippen LogP contribution in [0.15, 0.2) is 60.7 Å². The number of carbonyl (C=O) groups excluding carboxylic acids is 1. The van der Waals surface area contributed by atoms with Crippen LogP contribution in [-0.4, -0.2) is 41.5 Å². The molecule has 2 amide bonds. The van der Waals surface area contributed by atoms with Gasteiger partial charge in [-0.2, -0.15) is 0 Å². The van der Waals surface area contributed by atoms with Crippen molar-refractivity contribution in [1.82, 2.24) is 15.1 Å². The van der Waals surface area contributed by atoms with Crippen LogP contribution in [0.4, 0.5) is 4.79 Å². The number of hydrogen-bond donors (Lipinski definition) is 1. The molecule has 4 nitrogen and oxygen atoms in total. The predicted octanol–water partition coefficient (Wildman–Crippen LogP) is 3.49. The molecule has 1 heterocycles. The zero-order valence-corrected chi connectivity index (χ0v) is 14.9. The smallest absolute Gasteiger partial charge is 0.317 e. The minimum absolute atomic E-state index is 0.0397.